The van der Waals surface area contributed by atoms with Crippen molar-refractivity contribution in [1.82, 2.24) is 20.1 Å². The molecule has 1 atom stereocenters. The van der Waals surface area contributed by atoms with Crippen molar-refractivity contribution >= 4 is 5.91 Å². The van der Waals surface area contributed by atoms with Gasteiger partial charge in [-0.25, -0.2) is 4.98 Å². The van der Waals surface area contributed by atoms with Crippen LogP contribution in [0.25, 0.3) is 0 Å². The van der Waals surface area contributed by atoms with Crippen molar-refractivity contribution in [3.05, 3.63) is 12.2 Å². The van der Waals surface area contributed by atoms with Crippen LogP contribution in [0, 0.1) is 0 Å². The molecule has 1 rings (SSSR count). The van der Waals surface area contributed by atoms with E-state index in [1.165, 1.54) is 0 Å². The molecule has 0 radical (unpaired) electrons. The number of nitrogens with one attached hydrogen (secondary N) is 1. The Balaban J connectivity index is 2.19. The second-order valence-electron chi connectivity index (χ2n) is 4.12. The van der Waals surface area contributed by atoms with Crippen LogP contribution in [0.15, 0.2) is 6.33 Å². The maximum atomic E-state index is 11.6. The van der Waals surface area contributed by atoms with Crippen LogP contribution in [0.2, 0.25) is 0 Å². The Morgan fingerprint density at radius 3 is 3.00 bits per heavy atom. The molecule has 0 saturated carbocycles. The summed E-state index contributed by atoms with van der Waals surface area (Å²) in [6.07, 6.45) is 5.05. The lowest BCUT2D eigenvalue weighted by Crippen LogP contribution is -2.41. The number of nitrogens with two attached hydrogens (primary N) is 1. The van der Waals surface area contributed by atoms with E-state index in [9.17, 15) is 4.79 Å². The Kier molecular flexibility index (Phi) is 5.62. The van der Waals surface area contributed by atoms with Gasteiger partial charge in [0, 0.05) is 20.0 Å². The molecular formula is C11H21N5O. The lowest BCUT2D eigenvalue weighted by atomic mass is 10.1. The van der Waals surface area contributed by atoms with Gasteiger partial charge in [-0.15, -0.1) is 0 Å². The summed E-state index contributed by atoms with van der Waals surface area (Å²) in [5.41, 5.74) is 5.74. The number of hydrogen-bond acceptors (Lipinski definition) is 4. The van der Waals surface area contributed by atoms with Gasteiger partial charge in [-0.3, -0.25) is 9.48 Å². The molecule has 3 N–H and O–H groups in total. The van der Waals surface area contributed by atoms with E-state index < -0.39 is 6.04 Å². The van der Waals surface area contributed by atoms with Crippen LogP contribution in [-0.2, 0) is 18.3 Å². The predicted octanol–water partition coefficient (Wildman–Crippen LogP) is -0.00870. The fourth-order valence-electron chi connectivity index (χ4n) is 1.48. The highest BCUT2D eigenvalue weighted by atomic mass is 16.2. The Hall–Kier alpha value is -1.43. The third-order valence-electron chi connectivity index (χ3n) is 2.50. The molecule has 1 amide bonds. The van der Waals surface area contributed by atoms with Gasteiger partial charge in [0.25, 0.3) is 0 Å². The highest BCUT2D eigenvalue weighted by Crippen LogP contribution is 1.98. The minimum Gasteiger partial charge on any atom is -0.354 e. The molecule has 6 nitrogen and oxygen atoms in total. The van der Waals surface area contributed by atoms with Crippen LogP contribution < -0.4 is 11.1 Å². The van der Waals surface area contributed by atoms with Crippen LogP contribution in [0.1, 0.15) is 32.0 Å². The fourth-order valence-corrected chi connectivity index (χ4v) is 1.48. The Morgan fingerprint density at radius 2 is 2.41 bits per heavy atom. The summed E-state index contributed by atoms with van der Waals surface area (Å²) >= 11 is 0. The quantitative estimate of drug-likeness (QED) is 0.701. The van der Waals surface area contributed by atoms with Crippen LogP contribution in [0.5, 0.6) is 0 Å². The lowest BCUT2D eigenvalue weighted by Gasteiger charge is -2.10. The molecule has 0 bridgehead atoms. The van der Waals surface area contributed by atoms with E-state index >= 15 is 0 Å². The van der Waals surface area contributed by atoms with E-state index in [4.69, 9.17) is 5.73 Å². The number of carbonyl (C=O) groups is 1. The van der Waals surface area contributed by atoms with Crippen LogP contribution >= 0.6 is 0 Å². The van der Waals surface area contributed by atoms with Crippen molar-refractivity contribution in [2.75, 3.05) is 6.54 Å². The third-order valence-corrected chi connectivity index (χ3v) is 2.50. The highest BCUT2D eigenvalue weighted by molar-refractivity contribution is 5.81. The van der Waals surface area contributed by atoms with Crippen molar-refractivity contribution in [2.45, 2.75) is 38.6 Å². The maximum Gasteiger partial charge on any atom is 0.236 e. The summed E-state index contributed by atoms with van der Waals surface area (Å²) in [7, 11) is 1.82. The van der Waals surface area contributed by atoms with Gasteiger partial charge in [-0.1, -0.05) is 19.8 Å². The number of nitrogens with zero attached hydrogens (tertiary/aromatic N) is 3. The molecule has 0 aromatic carbocycles. The standard InChI is InChI=1S/C11H21N5O/c1-3-4-5-9(12)11(17)13-7-6-10-14-8-16(2)15-10/h8-9H,3-7,12H2,1-2H3,(H,13,17). The number of aromatic nitrogens is 3. The minimum atomic E-state index is -0.397. The molecule has 1 unspecified atom stereocenters. The molecule has 0 aliphatic carbocycles. The molecule has 1 aromatic heterocycles. The number of hydrogen-bond donors (Lipinski definition) is 2. The topological polar surface area (TPSA) is 85.8 Å². The van der Waals surface area contributed by atoms with E-state index in [1.54, 1.807) is 11.0 Å². The molecular weight excluding hydrogens is 218 g/mol. The molecule has 0 fully saturated rings. The zero-order valence-corrected chi connectivity index (χ0v) is 10.5. The van der Waals surface area contributed by atoms with Crippen LogP contribution in [0.3, 0.4) is 0 Å². The summed E-state index contributed by atoms with van der Waals surface area (Å²) in [5.74, 6) is 0.643. The first-order valence-corrected chi connectivity index (χ1v) is 6.01. The molecule has 96 valence electrons. The zero-order chi connectivity index (χ0) is 12.7. The minimum absolute atomic E-state index is 0.0885. The van der Waals surface area contributed by atoms with Gasteiger partial charge in [0.15, 0.2) is 5.82 Å². The van der Waals surface area contributed by atoms with Gasteiger partial charge in [0.05, 0.1) is 6.04 Å². The van der Waals surface area contributed by atoms with Crippen molar-refractivity contribution < 1.29 is 4.79 Å². The van der Waals surface area contributed by atoms with Gasteiger partial charge in [-0.05, 0) is 6.42 Å². The van der Waals surface area contributed by atoms with E-state index in [2.05, 4.69) is 22.3 Å². The fraction of sp³-hybridized carbons (Fsp3) is 0.727. The van der Waals surface area contributed by atoms with Gasteiger partial charge in [0.1, 0.15) is 6.33 Å². The largest absolute Gasteiger partial charge is 0.354 e. The maximum absolute atomic E-state index is 11.6. The van der Waals surface area contributed by atoms with E-state index in [1.807, 2.05) is 7.05 Å². The van der Waals surface area contributed by atoms with Gasteiger partial charge in [-0.2, -0.15) is 5.10 Å². The van der Waals surface area contributed by atoms with E-state index in [-0.39, 0.29) is 5.91 Å². The van der Waals surface area contributed by atoms with Crippen LogP contribution in [0.4, 0.5) is 0 Å². The summed E-state index contributed by atoms with van der Waals surface area (Å²) in [6.45, 7) is 2.61. The number of unbranched alkanes of at least 4 members (excludes halogenated alkanes) is 1. The van der Waals surface area contributed by atoms with Gasteiger partial charge >= 0.3 is 0 Å². The second kappa shape index (κ2) is 7.01. The molecule has 1 aromatic rings. The van der Waals surface area contributed by atoms with Crippen molar-refractivity contribution in [1.29, 1.82) is 0 Å². The van der Waals surface area contributed by atoms with Gasteiger partial charge in [0.2, 0.25) is 5.91 Å². The first kappa shape index (κ1) is 13.6. The lowest BCUT2D eigenvalue weighted by molar-refractivity contribution is -0.122. The number of rotatable bonds is 7. The second-order valence-corrected chi connectivity index (χ2v) is 4.12. The molecule has 17 heavy (non-hydrogen) atoms. The smallest absolute Gasteiger partial charge is 0.236 e. The first-order valence-electron chi connectivity index (χ1n) is 6.01. The van der Waals surface area contributed by atoms with E-state index in [0.29, 0.717) is 13.0 Å². The summed E-state index contributed by atoms with van der Waals surface area (Å²) in [5, 5.41) is 6.92. The molecule has 6 heteroatoms. The molecule has 0 aliphatic rings. The summed E-state index contributed by atoms with van der Waals surface area (Å²) in [4.78, 5) is 15.6. The zero-order valence-electron chi connectivity index (χ0n) is 10.5. The SMILES string of the molecule is CCCCC(N)C(=O)NCCc1ncn(C)n1. The van der Waals surface area contributed by atoms with Crippen molar-refractivity contribution in [3.8, 4) is 0 Å². The Bertz CT molecular complexity index is 349. The number of carbonyl (C=O) groups excluding carboxylic acids is 1. The average Bonchev–Trinajstić information content (AvgIpc) is 2.71. The molecule has 0 spiro atoms. The van der Waals surface area contributed by atoms with Crippen molar-refractivity contribution in [2.24, 2.45) is 12.8 Å². The molecule has 0 aliphatic heterocycles. The number of aryl methyl sites for hydroxylation is 1. The number of amides is 1. The monoisotopic (exact) mass is 239 g/mol. The Labute approximate surface area is 102 Å². The third kappa shape index (κ3) is 4.95. The van der Waals surface area contributed by atoms with Gasteiger partial charge < -0.3 is 11.1 Å². The Morgan fingerprint density at radius 1 is 1.65 bits per heavy atom. The first-order chi connectivity index (χ1) is 8.13. The summed E-state index contributed by atoms with van der Waals surface area (Å²) < 4.78 is 1.64. The molecule has 1 heterocycles. The van der Waals surface area contributed by atoms with Crippen LogP contribution in [-0.4, -0.2) is 33.3 Å². The molecule has 0 saturated heterocycles. The average molecular weight is 239 g/mol. The predicted molar refractivity (Wildman–Crippen MR) is 65.2 cm³/mol. The van der Waals surface area contributed by atoms with E-state index in [0.717, 1.165) is 25.1 Å². The highest BCUT2D eigenvalue weighted by Gasteiger charge is 2.11. The normalized spacial score (nSPS) is 12.4. The summed E-state index contributed by atoms with van der Waals surface area (Å²) in [6, 6.07) is -0.397. The van der Waals surface area contributed by atoms with Crippen molar-refractivity contribution in [3.63, 3.8) is 0 Å².